The molecule has 1 fully saturated rings. The lowest BCUT2D eigenvalue weighted by atomic mass is 10.1. The Morgan fingerprint density at radius 1 is 1.28 bits per heavy atom. The largest absolute Gasteiger partial charge is 0.495 e. The van der Waals surface area contributed by atoms with Crippen molar-refractivity contribution in [2.45, 2.75) is 44.0 Å². The predicted molar refractivity (Wildman–Crippen MR) is 97.4 cm³/mol. The number of amides is 1. The summed E-state index contributed by atoms with van der Waals surface area (Å²) in [6.45, 7) is 4.96. The monoisotopic (exact) mass is 368 g/mol. The summed E-state index contributed by atoms with van der Waals surface area (Å²) in [4.78, 5) is 14.9. The molecule has 0 aromatic heterocycles. The van der Waals surface area contributed by atoms with Crippen molar-refractivity contribution < 1.29 is 17.9 Å². The Morgan fingerprint density at radius 3 is 2.40 bits per heavy atom. The maximum atomic E-state index is 13.0. The fourth-order valence-electron chi connectivity index (χ4n) is 2.61. The van der Waals surface area contributed by atoms with Crippen molar-refractivity contribution in [3.63, 3.8) is 0 Å². The van der Waals surface area contributed by atoms with Gasteiger partial charge in [-0.15, -0.1) is 0 Å². The van der Waals surface area contributed by atoms with E-state index in [9.17, 15) is 13.2 Å². The van der Waals surface area contributed by atoms with Gasteiger partial charge in [0.15, 0.2) is 0 Å². The number of carbonyl (C=O) groups excluding carboxylic acids is 1. The quantitative estimate of drug-likeness (QED) is 0.707. The van der Waals surface area contributed by atoms with Gasteiger partial charge < -0.3 is 9.64 Å². The molecule has 0 aliphatic heterocycles. The van der Waals surface area contributed by atoms with Gasteiger partial charge in [-0.2, -0.15) is 0 Å². The summed E-state index contributed by atoms with van der Waals surface area (Å²) >= 11 is 0. The molecule has 1 aliphatic rings. The molecule has 140 valence electrons. The van der Waals surface area contributed by atoms with Crippen molar-refractivity contribution in [2.75, 3.05) is 27.7 Å². The number of benzene rings is 1. The second-order valence-electron chi connectivity index (χ2n) is 7.07. The van der Waals surface area contributed by atoms with E-state index in [1.54, 1.807) is 12.1 Å². The first-order chi connectivity index (χ1) is 11.7. The van der Waals surface area contributed by atoms with Crippen molar-refractivity contribution in [3.05, 3.63) is 23.8 Å². The van der Waals surface area contributed by atoms with Gasteiger partial charge in [0.25, 0.3) is 5.91 Å². The van der Waals surface area contributed by atoms with Gasteiger partial charge in [-0.3, -0.25) is 4.79 Å². The molecular weight excluding hydrogens is 340 g/mol. The van der Waals surface area contributed by atoms with Crippen LogP contribution in [0.1, 0.15) is 43.5 Å². The lowest BCUT2D eigenvalue weighted by Crippen LogP contribution is -2.34. The molecule has 1 aromatic rings. The fraction of sp³-hybridized carbons (Fsp3) is 0.611. The molecule has 0 atom stereocenters. The van der Waals surface area contributed by atoms with Gasteiger partial charge in [0, 0.05) is 32.2 Å². The molecule has 0 heterocycles. The number of nitrogens with zero attached hydrogens (tertiary/aromatic N) is 2. The van der Waals surface area contributed by atoms with E-state index in [1.807, 2.05) is 4.90 Å². The molecule has 0 N–H and O–H groups in total. The maximum absolute atomic E-state index is 13.0. The van der Waals surface area contributed by atoms with Crippen LogP contribution in [-0.2, 0) is 10.0 Å². The molecule has 1 amide bonds. The zero-order valence-corrected chi connectivity index (χ0v) is 16.5. The third-order valence-electron chi connectivity index (χ3n) is 4.37. The molecule has 0 radical (unpaired) electrons. The average molecular weight is 368 g/mol. The zero-order chi connectivity index (χ0) is 18.8. The van der Waals surface area contributed by atoms with E-state index < -0.39 is 10.0 Å². The molecule has 2 rings (SSSR count). The maximum Gasteiger partial charge on any atom is 0.254 e. The standard InChI is InChI=1S/C18H28N2O4S/c1-13(2)10-11-20(15-7-8-15)18(21)14-6-9-16(24-5)17(12-14)25(22,23)19(3)4/h6,9,12-13,15H,7-8,10-11H2,1-5H3. The summed E-state index contributed by atoms with van der Waals surface area (Å²) in [5.74, 6) is 0.640. The van der Waals surface area contributed by atoms with Crippen LogP contribution in [0.25, 0.3) is 0 Å². The van der Waals surface area contributed by atoms with E-state index in [0.717, 1.165) is 23.6 Å². The van der Waals surface area contributed by atoms with Gasteiger partial charge >= 0.3 is 0 Å². The van der Waals surface area contributed by atoms with Crippen LogP contribution in [-0.4, -0.2) is 57.3 Å². The minimum atomic E-state index is -3.69. The van der Waals surface area contributed by atoms with Crippen LogP contribution in [0.15, 0.2) is 23.1 Å². The Morgan fingerprint density at radius 2 is 1.92 bits per heavy atom. The second kappa shape index (κ2) is 7.74. The summed E-state index contributed by atoms with van der Waals surface area (Å²) in [7, 11) is 0.649. The molecule has 1 aliphatic carbocycles. The van der Waals surface area contributed by atoms with Crippen molar-refractivity contribution in [1.29, 1.82) is 0 Å². The first kappa shape index (κ1) is 19.7. The molecular formula is C18H28N2O4S. The summed E-state index contributed by atoms with van der Waals surface area (Å²) in [6, 6.07) is 4.90. The van der Waals surface area contributed by atoms with Crippen molar-refractivity contribution in [2.24, 2.45) is 5.92 Å². The summed E-state index contributed by atoms with van der Waals surface area (Å²) in [5.41, 5.74) is 0.386. The molecule has 25 heavy (non-hydrogen) atoms. The Labute approximate surface area is 150 Å². The lowest BCUT2D eigenvalue weighted by Gasteiger charge is -2.24. The number of hydrogen-bond donors (Lipinski definition) is 0. The number of ether oxygens (including phenoxy) is 1. The SMILES string of the molecule is COc1ccc(C(=O)N(CCC(C)C)C2CC2)cc1S(=O)(=O)N(C)C. The lowest BCUT2D eigenvalue weighted by molar-refractivity contribution is 0.0735. The highest BCUT2D eigenvalue weighted by Gasteiger charge is 2.33. The van der Waals surface area contributed by atoms with E-state index in [2.05, 4.69) is 13.8 Å². The molecule has 0 saturated heterocycles. The first-order valence-corrected chi connectivity index (χ1v) is 10.0. The summed E-state index contributed by atoms with van der Waals surface area (Å²) in [5, 5.41) is 0. The minimum absolute atomic E-state index is 0.0189. The van der Waals surface area contributed by atoms with Gasteiger partial charge in [0.05, 0.1) is 7.11 Å². The van der Waals surface area contributed by atoms with Gasteiger partial charge in [-0.1, -0.05) is 13.8 Å². The van der Waals surface area contributed by atoms with Gasteiger partial charge in [0.2, 0.25) is 10.0 Å². The third kappa shape index (κ3) is 4.52. The molecule has 0 spiro atoms. The topological polar surface area (TPSA) is 66.9 Å². The third-order valence-corrected chi connectivity index (χ3v) is 6.20. The Balaban J connectivity index is 2.36. The number of sulfonamides is 1. The fourth-order valence-corrected chi connectivity index (χ4v) is 3.68. The van der Waals surface area contributed by atoms with Crippen LogP contribution in [0, 0.1) is 5.92 Å². The van der Waals surface area contributed by atoms with Gasteiger partial charge in [-0.25, -0.2) is 12.7 Å². The van der Waals surface area contributed by atoms with Crippen LogP contribution >= 0.6 is 0 Å². The van der Waals surface area contributed by atoms with Crippen molar-refractivity contribution >= 4 is 15.9 Å². The highest BCUT2D eigenvalue weighted by atomic mass is 32.2. The zero-order valence-electron chi connectivity index (χ0n) is 15.7. The molecule has 6 nitrogen and oxygen atoms in total. The number of hydrogen-bond acceptors (Lipinski definition) is 4. The summed E-state index contributed by atoms with van der Waals surface area (Å²) < 4.78 is 31.4. The number of methoxy groups -OCH3 is 1. The van der Waals surface area contributed by atoms with Crippen LogP contribution in [0.3, 0.4) is 0 Å². The molecule has 7 heteroatoms. The second-order valence-corrected chi connectivity index (χ2v) is 9.19. The van der Waals surface area contributed by atoms with E-state index in [1.165, 1.54) is 27.3 Å². The van der Waals surface area contributed by atoms with Crippen molar-refractivity contribution in [1.82, 2.24) is 9.21 Å². The van der Waals surface area contributed by atoms with Crippen LogP contribution < -0.4 is 4.74 Å². The molecule has 0 bridgehead atoms. The smallest absolute Gasteiger partial charge is 0.254 e. The normalized spacial score (nSPS) is 14.8. The molecule has 0 unspecified atom stereocenters. The van der Waals surface area contributed by atoms with Crippen LogP contribution in [0.2, 0.25) is 0 Å². The number of carbonyl (C=O) groups is 1. The first-order valence-electron chi connectivity index (χ1n) is 8.60. The number of rotatable bonds is 8. The van der Waals surface area contributed by atoms with E-state index >= 15 is 0 Å². The average Bonchev–Trinajstić information content (AvgIpc) is 3.38. The van der Waals surface area contributed by atoms with E-state index in [4.69, 9.17) is 4.74 Å². The predicted octanol–water partition coefficient (Wildman–Crippen LogP) is 2.60. The highest BCUT2D eigenvalue weighted by molar-refractivity contribution is 7.89. The van der Waals surface area contributed by atoms with Gasteiger partial charge in [0.1, 0.15) is 10.6 Å². The van der Waals surface area contributed by atoms with E-state index in [0.29, 0.717) is 18.0 Å². The summed E-state index contributed by atoms with van der Waals surface area (Å²) in [6.07, 6.45) is 2.97. The Hall–Kier alpha value is -1.60. The van der Waals surface area contributed by atoms with Gasteiger partial charge in [-0.05, 0) is 43.4 Å². The van der Waals surface area contributed by atoms with Crippen LogP contribution in [0.4, 0.5) is 0 Å². The van der Waals surface area contributed by atoms with Crippen molar-refractivity contribution in [3.8, 4) is 5.75 Å². The van der Waals surface area contributed by atoms with E-state index in [-0.39, 0.29) is 22.6 Å². The Kier molecular flexibility index (Phi) is 6.11. The molecule has 1 aromatic carbocycles. The van der Waals surface area contributed by atoms with Crippen LogP contribution in [0.5, 0.6) is 5.75 Å². The minimum Gasteiger partial charge on any atom is -0.495 e. The molecule has 1 saturated carbocycles. The Bertz CT molecular complexity index is 725. The highest BCUT2D eigenvalue weighted by Crippen LogP contribution is 2.31.